The van der Waals surface area contributed by atoms with E-state index < -0.39 is 20.0 Å². The van der Waals surface area contributed by atoms with E-state index in [2.05, 4.69) is 15.4 Å². The van der Waals surface area contributed by atoms with E-state index in [1.165, 1.54) is 4.31 Å². The fourth-order valence-electron chi connectivity index (χ4n) is 2.68. The van der Waals surface area contributed by atoms with Crippen LogP contribution in [-0.2, 0) is 26.6 Å². The first-order chi connectivity index (χ1) is 12.0. The van der Waals surface area contributed by atoms with E-state index in [1.54, 1.807) is 24.3 Å². The van der Waals surface area contributed by atoms with E-state index in [1.807, 2.05) is 0 Å². The zero-order chi connectivity index (χ0) is 19.4. The minimum absolute atomic E-state index is 0.222. The molecule has 1 saturated heterocycles. The van der Waals surface area contributed by atoms with E-state index in [0.29, 0.717) is 18.7 Å². The third-order valence-electron chi connectivity index (χ3n) is 3.90. The molecule has 2 rings (SSSR count). The van der Waals surface area contributed by atoms with E-state index in [-0.39, 0.29) is 25.2 Å². The molecule has 1 aliphatic rings. The van der Waals surface area contributed by atoms with Crippen molar-refractivity contribution in [3.63, 3.8) is 0 Å². The van der Waals surface area contributed by atoms with Crippen LogP contribution in [-0.4, -0.2) is 58.8 Å². The summed E-state index contributed by atoms with van der Waals surface area (Å²) in [5.74, 6) is 0. The molecule has 0 bridgehead atoms. The number of carbonyl (C=O) groups excluding carboxylic acids is 1. The molecule has 1 aromatic rings. The summed E-state index contributed by atoms with van der Waals surface area (Å²) in [5.41, 5.74) is 1.25. The van der Waals surface area contributed by atoms with Gasteiger partial charge in [-0.1, -0.05) is 12.1 Å². The van der Waals surface area contributed by atoms with Crippen LogP contribution in [0.3, 0.4) is 0 Å². The van der Waals surface area contributed by atoms with Crippen molar-refractivity contribution in [1.82, 2.24) is 14.9 Å². The Hall–Kier alpha value is -1.85. The molecule has 0 radical (unpaired) electrons. The molecule has 1 aliphatic heterocycles. The lowest BCUT2D eigenvalue weighted by Crippen LogP contribution is -2.51. The van der Waals surface area contributed by atoms with Gasteiger partial charge in [-0.25, -0.2) is 25.9 Å². The predicted molar refractivity (Wildman–Crippen MR) is 99.7 cm³/mol. The molecule has 0 saturated carbocycles. The van der Waals surface area contributed by atoms with Crippen LogP contribution in [0, 0.1) is 0 Å². The molecule has 0 spiro atoms. The maximum absolute atomic E-state index is 12.0. The SMILES string of the molecule is CS(=O)(=O)Nc1ccc(CNC(=O)N[C@@H]2CCCN(S(C)(=O)=O)C2)cc1. The van der Waals surface area contributed by atoms with Crippen molar-refractivity contribution >= 4 is 31.8 Å². The van der Waals surface area contributed by atoms with Crippen molar-refractivity contribution in [3.8, 4) is 0 Å². The number of rotatable bonds is 6. The normalized spacial score (nSPS) is 18.9. The smallest absolute Gasteiger partial charge is 0.315 e. The lowest BCUT2D eigenvalue weighted by atomic mass is 10.1. The monoisotopic (exact) mass is 404 g/mol. The lowest BCUT2D eigenvalue weighted by molar-refractivity contribution is 0.225. The molecule has 2 amide bonds. The number of carbonyl (C=O) groups is 1. The first-order valence-corrected chi connectivity index (χ1v) is 11.8. The Kier molecular flexibility index (Phi) is 6.48. The fraction of sp³-hybridized carbons (Fsp3) is 0.533. The number of anilines is 1. The number of nitrogens with one attached hydrogen (secondary N) is 3. The molecule has 11 heteroatoms. The maximum atomic E-state index is 12.0. The highest BCUT2D eigenvalue weighted by Crippen LogP contribution is 2.13. The van der Waals surface area contributed by atoms with E-state index >= 15 is 0 Å². The van der Waals surface area contributed by atoms with Gasteiger partial charge in [-0.3, -0.25) is 4.72 Å². The highest BCUT2D eigenvalue weighted by molar-refractivity contribution is 7.92. The summed E-state index contributed by atoms with van der Waals surface area (Å²) in [7, 11) is -6.58. The average Bonchev–Trinajstić information content (AvgIpc) is 2.52. The second-order valence-corrected chi connectivity index (χ2v) is 10.1. The van der Waals surface area contributed by atoms with Crippen LogP contribution in [0.4, 0.5) is 10.5 Å². The van der Waals surface area contributed by atoms with Gasteiger partial charge in [-0.15, -0.1) is 0 Å². The summed E-state index contributed by atoms with van der Waals surface area (Å²) >= 11 is 0. The van der Waals surface area contributed by atoms with Gasteiger partial charge in [-0.05, 0) is 30.5 Å². The third-order valence-corrected chi connectivity index (χ3v) is 5.77. The summed E-state index contributed by atoms with van der Waals surface area (Å²) < 4.78 is 49.2. The van der Waals surface area contributed by atoms with Crippen molar-refractivity contribution in [2.75, 3.05) is 30.3 Å². The zero-order valence-corrected chi connectivity index (χ0v) is 16.4. The summed E-state index contributed by atoms with van der Waals surface area (Å²) in [6.45, 7) is 1.03. The van der Waals surface area contributed by atoms with Crippen molar-refractivity contribution < 1.29 is 21.6 Å². The van der Waals surface area contributed by atoms with Crippen molar-refractivity contribution in [3.05, 3.63) is 29.8 Å². The van der Waals surface area contributed by atoms with E-state index in [4.69, 9.17) is 0 Å². The maximum Gasteiger partial charge on any atom is 0.315 e. The summed E-state index contributed by atoms with van der Waals surface area (Å²) in [4.78, 5) is 12.0. The van der Waals surface area contributed by atoms with Gasteiger partial charge in [0.05, 0.1) is 12.5 Å². The number of hydrogen-bond donors (Lipinski definition) is 3. The number of nitrogens with zero attached hydrogens (tertiary/aromatic N) is 1. The lowest BCUT2D eigenvalue weighted by Gasteiger charge is -2.31. The Morgan fingerprint density at radius 3 is 2.38 bits per heavy atom. The van der Waals surface area contributed by atoms with Crippen molar-refractivity contribution in [2.24, 2.45) is 0 Å². The summed E-state index contributed by atoms with van der Waals surface area (Å²) in [6.07, 6.45) is 3.67. The highest BCUT2D eigenvalue weighted by Gasteiger charge is 2.26. The molecule has 0 unspecified atom stereocenters. The van der Waals surface area contributed by atoms with Gasteiger partial charge in [0.2, 0.25) is 20.0 Å². The van der Waals surface area contributed by atoms with Crippen LogP contribution in [0.1, 0.15) is 18.4 Å². The highest BCUT2D eigenvalue weighted by atomic mass is 32.2. The molecular weight excluding hydrogens is 380 g/mol. The van der Waals surface area contributed by atoms with E-state index in [9.17, 15) is 21.6 Å². The molecule has 1 fully saturated rings. The fourth-order valence-corrected chi connectivity index (χ4v) is 4.16. The van der Waals surface area contributed by atoms with Crippen molar-refractivity contribution in [1.29, 1.82) is 0 Å². The number of urea groups is 1. The van der Waals surface area contributed by atoms with Crippen LogP contribution in [0.2, 0.25) is 0 Å². The molecule has 0 aliphatic carbocycles. The zero-order valence-electron chi connectivity index (χ0n) is 14.7. The van der Waals surface area contributed by atoms with Crippen molar-refractivity contribution in [2.45, 2.75) is 25.4 Å². The molecule has 3 N–H and O–H groups in total. The minimum atomic E-state index is -3.32. The molecule has 1 atom stereocenters. The summed E-state index contributed by atoms with van der Waals surface area (Å²) in [6, 6.07) is 6.05. The Morgan fingerprint density at radius 2 is 1.81 bits per heavy atom. The number of amides is 2. The molecule has 146 valence electrons. The van der Waals surface area contributed by atoms with Gasteiger partial charge in [0.15, 0.2) is 0 Å². The Labute approximate surface area is 154 Å². The predicted octanol–water partition coefficient (Wildman–Crippen LogP) is 0.281. The molecule has 1 heterocycles. The number of piperidine rings is 1. The number of benzene rings is 1. The van der Waals surface area contributed by atoms with Gasteiger partial charge < -0.3 is 10.6 Å². The third kappa shape index (κ3) is 6.81. The second kappa shape index (κ2) is 8.23. The Bertz CT molecular complexity index is 837. The van der Waals surface area contributed by atoms with Crippen LogP contribution in [0.25, 0.3) is 0 Å². The van der Waals surface area contributed by atoms with E-state index in [0.717, 1.165) is 24.5 Å². The topological polar surface area (TPSA) is 125 Å². The molecule has 26 heavy (non-hydrogen) atoms. The number of sulfonamides is 2. The van der Waals surface area contributed by atoms with Crippen LogP contribution < -0.4 is 15.4 Å². The van der Waals surface area contributed by atoms with Crippen LogP contribution >= 0.6 is 0 Å². The first kappa shape index (κ1) is 20.5. The first-order valence-electron chi connectivity index (χ1n) is 8.09. The minimum Gasteiger partial charge on any atom is -0.334 e. The summed E-state index contributed by atoms with van der Waals surface area (Å²) in [5, 5.41) is 5.50. The Morgan fingerprint density at radius 1 is 1.15 bits per heavy atom. The standard InChI is InChI=1S/C15H24N4O5S2/c1-25(21,22)18-13-7-5-12(6-8-13)10-16-15(20)17-14-4-3-9-19(11-14)26(2,23)24/h5-8,14,18H,3-4,9-11H2,1-2H3,(H2,16,17,20)/t14-/m1/s1. The second-order valence-electron chi connectivity index (χ2n) is 6.36. The van der Waals surface area contributed by atoms with Gasteiger partial charge >= 0.3 is 6.03 Å². The average molecular weight is 405 g/mol. The number of hydrogen-bond acceptors (Lipinski definition) is 5. The molecule has 9 nitrogen and oxygen atoms in total. The van der Waals surface area contributed by atoms with Gasteiger partial charge in [0, 0.05) is 31.4 Å². The van der Waals surface area contributed by atoms with Crippen LogP contribution in [0.15, 0.2) is 24.3 Å². The molecule has 0 aromatic heterocycles. The van der Waals surface area contributed by atoms with Gasteiger partial charge in [0.1, 0.15) is 0 Å². The molecular formula is C15H24N4O5S2. The van der Waals surface area contributed by atoms with Crippen LogP contribution in [0.5, 0.6) is 0 Å². The van der Waals surface area contributed by atoms with Gasteiger partial charge in [-0.2, -0.15) is 0 Å². The quantitative estimate of drug-likeness (QED) is 0.628. The van der Waals surface area contributed by atoms with Gasteiger partial charge in [0.25, 0.3) is 0 Å². The molecule has 1 aromatic carbocycles. The Balaban J connectivity index is 1.81. The largest absolute Gasteiger partial charge is 0.334 e.